The zero-order valence-corrected chi connectivity index (χ0v) is 13.4. The lowest BCUT2D eigenvalue weighted by atomic mass is 10.0. The third kappa shape index (κ3) is 2.49. The summed E-state index contributed by atoms with van der Waals surface area (Å²) in [7, 11) is 2.16. The molecule has 0 spiro atoms. The summed E-state index contributed by atoms with van der Waals surface area (Å²) < 4.78 is 0. The molecular weight excluding hydrogens is 282 g/mol. The molecule has 0 aromatic heterocycles. The molecule has 2 nitrogen and oxygen atoms in total. The topological polar surface area (TPSA) is 23.5 Å². The van der Waals surface area contributed by atoms with Crippen molar-refractivity contribution in [3.8, 4) is 5.75 Å². The van der Waals surface area contributed by atoms with Crippen molar-refractivity contribution in [2.24, 2.45) is 0 Å². The molecule has 2 heteroatoms. The summed E-state index contributed by atoms with van der Waals surface area (Å²) in [5.41, 5.74) is 3.93. The number of phenols is 1. The fourth-order valence-corrected chi connectivity index (χ4v) is 3.84. The van der Waals surface area contributed by atoms with Crippen LogP contribution in [-0.2, 0) is 13.0 Å². The monoisotopic (exact) mass is 303 g/mol. The zero-order valence-electron chi connectivity index (χ0n) is 13.4. The number of aryl methyl sites for hydroxylation is 1. The maximum Gasteiger partial charge on any atom is 0.120 e. The van der Waals surface area contributed by atoms with Crippen LogP contribution < -0.4 is 0 Å². The molecule has 1 aliphatic carbocycles. The van der Waals surface area contributed by atoms with Crippen LogP contribution in [0.3, 0.4) is 0 Å². The van der Waals surface area contributed by atoms with Crippen LogP contribution >= 0.6 is 0 Å². The van der Waals surface area contributed by atoms with E-state index in [-0.39, 0.29) is 0 Å². The van der Waals surface area contributed by atoms with Crippen LogP contribution in [0.15, 0.2) is 60.7 Å². The molecule has 116 valence electrons. The molecule has 0 bridgehead atoms. The highest BCUT2D eigenvalue weighted by Gasteiger charge is 2.26. The van der Waals surface area contributed by atoms with Gasteiger partial charge in [-0.3, -0.25) is 4.90 Å². The summed E-state index contributed by atoms with van der Waals surface area (Å²) in [6, 6.07) is 21.2. The lowest BCUT2D eigenvalue weighted by molar-refractivity contribution is 0.234. The van der Waals surface area contributed by atoms with E-state index >= 15 is 0 Å². The molecule has 3 aromatic carbocycles. The number of benzene rings is 3. The lowest BCUT2D eigenvalue weighted by Crippen LogP contribution is -2.22. The standard InChI is InChI=1S/C21H21NO/c1-22(20-12-10-16-7-3-5-9-18(16)20)14-19-17-8-4-2-6-15(17)11-13-21(19)23/h2-9,11,13,20,23H,10,12,14H2,1H3/t20-/m1/s1. The summed E-state index contributed by atoms with van der Waals surface area (Å²) in [5, 5.41) is 12.7. The van der Waals surface area contributed by atoms with E-state index in [1.165, 1.54) is 16.5 Å². The van der Waals surface area contributed by atoms with Crippen LogP contribution in [0.2, 0.25) is 0 Å². The Kier molecular flexibility index (Phi) is 3.55. The average Bonchev–Trinajstić information content (AvgIpc) is 3.01. The Morgan fingerprint density at radius 2 is 1.78 bits per heavy atom. The predicted octanol–water partition coefficient (Wildman–Crippen LogP) is 4.66. The van der Waals surface area contributed by atoms with Gasteiger partial charge in [0.15, 0.2) is 0 Å². The molecular formula is C21H21NO. The van der Waals surface area contributed by atoms with Gasteiger partial charge in [0.2, 0.25) is 0 Å². The number of hydrogen-bond donors (Lipinski definition) is 1. The van der Waals surface area contributed by atoms with Gasteiger partial charge in [0.25, 0.3) is 0 Å². The smallest absolute Gasteiger partial charge is 0.120 e. The first-order valence-corrected chi connectivity index (χ1v) is 8.21. The van der Waals surface area contributed by atoms with Gasteiger partial charge in [-0.2, -0.15) is 0 Å². The zero-order chi connectivity index (χ0) is 15.8. The first-order chi connectivity index (χ1) is 11.2. The van der Waals surface area contributed by atoms with Crippen LogP contribution in [0, 0.1) is 0 Å². The van der Waals surface area contributed by atoms with E-state index in [0.717, 1.165) is 30.3 Å². The molecule has 3 aromatic rings. The van der Waals surface area contributed by atoms with Crippen molar-refractivity contribution in [1.29, 1.82) is 0 Å². The molecule has 0 unspecified atom stereocenters. The first kappa shape index (κ1) is 14.3. The summed E-state index contributed by atoms with van der Waals surface area (Å²) >= 11 is 0. The van der Waals surface area contributed by atoms with Crippen LogP contribution in [0.25, 0.3) is 10.8 Å². The molecule has 1 aliphatic rings. The average molecular weight is 303 g/mol. The SMILES string of the molecule is CN(Cc1c(O)ccc2ccccc12)[C@@H]1CCc2ccccc21. The Labute approximate surface area is 137 Å². The number of nitrogens with zero attached hydrogens (tertiary/aromatic N) is 1. The van der Waals surface area contributed by atoms with Crippen molar-refractivity contribution in [3.63, 3.8) is 0 Å². The van der Waals surface area contributed by atoms with Crippen molar-refractivity contribution in [1.82, 2.24) is 4.90 Å². The fraction of sp³-hybridized carbons (Fsp3) is 0.238. The summed E-state index contributed by atoms with van der Waals surface area (Å²) in [6.45, 7) is 0.756. The van der Waals surface area contributed by atoms with Gasteiger partial charge in [-0.15, -0.1) is 0 Å². The van der Waals surface area contributed by atoms with Crippen molar-refractivity contribution in [3.05, 3.63) is 77.4 Å². The van der Waals surface area contributed by atoms with E-state index in [2.05, 4.69) is 48.3 Å². The van der Waals surface area contributed by atoms with Crippen LogP contribution in [0.5, 0.6) is 5.75 Å². The molecule has 1 N–H and O–H groups in total. The van der Waals surface area contributed by atoms with Crippen LogP contribution in [-0.4, -0.2) is 17.1 Å². The van der Waals surface area contributed by atoms with Crippen molar-refractivity contribution >= 4 is 10.8 Å². The van der Waals surface area contributed by atoms with E-state index in [1.54, 1.807) is 0 Å². The predicted molar refractivity (Wildman–Crippen MR) is 94.6 cm³/mol. The Hall–Kier alpha value is -2.32. The Morgan fingerprint density at radius 3 is 2.70 bits per heavy atom. The minimum Gasteiger partial charge on any atom is -0.508 e. The fourth-order valence-electron chi connectivity index (χ4n) is 3.84. The molecule has 1 atom stereocenters. The van der Waals surface area contributed by atoms with E-state index < -0.39 is 0 Å². The maximum absolute atomic E-state index is 10.4. The first-order valence-electron chi connectivity index (χ1n) is 8.21. The molecule has 0 radical (unpaired) electrons. The molecule has 0 fully saturated rings. The van der Waals surface area contributed by atoms with Gasteiger partial charge in [-0.25, -0.2) is 0 Å². The number of rotatable bonds is 3. The highest BCUT2D eigenvalue weighted by molar-refractivity contribution is 5.87. The van der Waals surface area contributed by atoms with Gasteiger partial charge in [0, 0.05) is 18.2 Å². The molecule has 0 heterocycles. The minimum atomic E-state index is 0.391. The molecule has 23 heavy (non-hydrogen) atoms. The number of phenolic OH excluding ortho intramolecular Hbond substituents is 1. The summed E-state index contributed by atoms with van der Waals surface area (Å²) in [5.74, 6) is 0.391. The van der Waals surface area contributed by atoms with Crippen molar-refractivity contribution < 1.29 is 5.11 Å². The van der Waals surface area contributed by atoms with Crippen molar-refractivity contribution in [2.75, 3.05) is 7.05 Å². The van der Waals surface area contributed by atoms with Gasteiger partial charge < -0.3 is 5.11 Å². The van der Waals surface area contributed by atoms with Gasteiger partial charge >= 0.3 is 0 Å². The molecule has 0 saturated carbocycles. The van der Waals surface area contributed by atoms with E-state index in [1.807, 2.05) is 24.3 Å². The van der Waals surface area contributed by atoms with Crippen LogP contribution in [0.1, 0.15) is 29.2 Å². The van der Waals surface area contributed by atoms with E-state index in [0.29, 0.717) is 11.8 Å². The number of fused-ring (bicyclic) bond motifs is 2. The highest BCUT2D eigenvalue weighted by atomic mass is 16.3. The molecule has 0 amide bonds. The Morgan fingerprint density at radius 1 is 1.00 bits per heavy atom. The molecule has 0 saturated heterocycles. The number of hydrogen-bond acceptors (Lipinski definition) is 2. The van der Waals surface area contributed by atoms with Crippen molar-refractivity contribution in [2.45, 2.75) is 25.4 Å². The quantitative estimate of drug-likeness (QED) is 0.760. The van der Waals surface area contributed by atoms with Gasteiger partial charge in [0.05, 0.1) is 0 Å². The van der Waals surface area contributed by atoms with Gasteiger partial charge in [-0.05, 0) is 47.9 Å². The Bertz CT molecular complexity index is 855. The highest BCUT2D eigenvalue weighted by Crippen LogP contribution is 2.37. The normalized spacial score (nSPS) is 16.9. The minimum absolute atomic E-state index is 0.391. The maximum atomic E-state index is 10.4. The third-order valence-electron chi connectivity index (χ3n) is 5.06. The van der Waals surface area contributed by atoms with E-state index in [4.69, 9.17) is 0 Å². The Balaban J connectivity index is 1.68. The second-order valence-electron chi connectivity index (χ2n) is 6.45. The molecule has 0 aliphatic heterocycles. The summed E-state index contributed by atoms with van der Waals surface area (Å²) in [6.07, 6.45) is 2.30. The van der Waals surface area contributed by atoms with Gasteiger partial charge in [0.1, 0.15) is 5.75 Å². The third-order valence-corrected chi connectivity index (χ3v) is 5.06. The number of aromatic hydroxyl groups is 1. The second kappa shape index (κ2) is 5.71. The second-order valence-corrected chi connectivity index (χ2v) is 6.45. The largest absolute Gasteiger partial charge is 0.508 e. The summed E-state index contributed by atoms with van der Waals surface area (Å²) in [4.78, 5) is 2.37. The van der Waals surface area contributed by atoms with E-state index in [9.17, 15) is 5.11 Å². The van der Waals surface area contributed by atoms with Gasteiger partial charge in [-0.1, -0.05) is 54.6 Å². The molecule has 4 rings (SSSR count). The van der Waals surface area contributed by atoms with Crippen LogP contribution in [0.4, 0.5) is 0 Å². The lowest BCUT2D eigenvalue weighted by Gasteiger charge is -2.26.